The summed E-state index contributed by atoms with van der Waals surface area (Å²) in [4.78, 5) is 16.0. The van der Waals surface area contributed by atoms with Gasteiger partial charge in [0.2, 0.25) is 0 Å². The third-order valence-electron chi connectivity index (χ3n) is 5.24. The van der Waals surface area contributed by atoms with Crippen LogP contribution in [0.25, 0.3) is 0 Å². The van der Waals surface area contributed by atoms with Crippen LogP contribution in [0.4, 0.5) is 0 Å². The Morgan fingerprint density at radius 3 is 2.70 bits per heavy atom. The second-order valence-corrected chi connectivity index (χ2v) is 7.38. The van der Waals surface area contributed by atoms with E-state index in [1.54, 1.807) is 7.05 Å². The van der Waals surface area contributed by atoms with Gasteiger partial charge in [0.25, 0.3) is 5.91 Å². The molecule has 0 radical (unpaired) electrons. The van der Waals surface area contributed by atoms with Crippen molar-refractivity contribution in [1.29, 1.82) is 0 Å². The van der Waals surface area contributed by atoms with Crippen LogP contribution in [0.3, 0.4) is 0 Å². The molecule has 0 spiro atoms. The predicted octanol–water partition coefficient (Wildman–Crippen LogP) is 3.59. The number of nitrogens with zero attached hydrogens (tertiary/aromatic N) is 1. The van der Waals surface area contributed by atoms with Gasteiger partial charge in [-0.15, -0.1) is 24.0 Å². The quantitative estimate of drug-likeness (QED) is 0.314. The number of hydrogen-bond acceptors (Lipinski definition) is 2. The molecule has 6 heteroatoms. The summed E-state index contributed by atoms with van der Waals surface area (Å²) in [6, 6.07) is 7.76. The van der Waals surface area contributed by atoms with Crippen LogP contribution in [0.5, 0.6) is 0 Å². The smallest absolute Gasteiger partial charge is 0.251 e. The molecule has 1 aromatic carbocycles. The maximum atomic E-state index is 11.7. The van der Waals surface area contributed by atoms with Crippen molar-refractivity contribution in [2.45, 2.75) is 45.4 Å². The fourth-order valence-corrected chi connectivity index (χ4v) is 3.77. The number of nitrogens with one attached hydrogen (secondary N) is 3. The van der Waals surface area contributed by atoms with Crippen LogP contribution in [-0.2, 0) is 6.42 Å². The molecule has 1 saturated carbocycles. The zero-order valence-corrected chi connectivity index (χ0v) is 19.2. The van der Waals surface area contributed by atoms with Gasteiger partial charge in [-0.25, -0.2) is 0 Å². The fraction of sp³-hybridized carbons (Fsp3) is 0.619. The number of carbonyl (C=O) groups is 1. The normalized spacial score (nSPS) is 19.7. The summed E-state index contributed by atoms with van der Waals surface area (Å²) in [6.45, 7) is 4.14. The maximum absolute atomic E-state index is 11.7. The van der Waals surface area contributed by atoms with Crippen molar-refractivity contribution in [1.82, 2.24) is 16.0 Å². The topological polar surface area (TPSA) is 65.5 Å². The van der Waals surface area contributed by atoms with Crippen LogP contribution in [0.1, 0.15) is 54.9 Å². The average Bonchev–Trinajstić information content (AvgIpc) is 2.66. The molecular formula is C21H35IN4O. The van der Waals surface area contributed by atoms with Crippen LogP contribution in [0.15, 0.2) is 29.3 Å². The number of guanidine groups is 1. The molecule has 3 N–H and O–H groups in total. The molecule has 0 bridgehead atoms. The summed E-state index contributed by atoms with van der Waals surface area (Å²) in [5, 5.41) is 9.46. The zero-order valence-electron chi connectivity index (χ0n) is 16.9. The minimum absolute atomic E-state index is 0. The van der Waals surface area contributed by atoms with E-state index in [-0.39, 0.29) is 29.9 Å². The first kappa shape index (κ1) is 23.7. The molecule has 2 atom stereocenters. The van der Waals surface area contributed by atoms with Crippen molar-refractivity contribution in [2.24, 2.45) is 16.8 Å². The Labute approximate surface area is 181 Å². The third kappa shape index (κ3) is 8.49. The summed E-state index contributed by atoms with van der Waals surface area (Å²) in [5.41, 5.74) is 1.85. The van der Waals surface area contributed by atoms with Gasteiger partial charge in [0.15, 0.2) is 5.96 Å². The lowest BCUT2D eigenvalue weighted by Gasteiger charge is -2.26. The highest BCUT2D eigenvalue weighted by Gasteiger charge is 2.18. The van der Waals surface area contributed by atoms with Gasteiger partial charge in [0.05, 0.1) is 0 Å². The number of amides is 1. The molecule has 5 nitrogen and oxygen atoms in total. The predicted molar refractivity (Wildman–Crippen MR) is 124 cm³/mol. The summed E-state index contributed by atoms with van der Waals surface area (Å²) in [5.74, 6) is 2.55. The van der Waals surface area contributed by atoms with Gasteiger partial charge in [-0.05, 0) is 48.8 Å². The number of hydrogen-bond donors (Lipinski definition) is 3. The van der Waals surface area contributed by atoms with Crippen LogP contribution >= 0.6 is 24.0 Å². The molecule has 0 aliphatic heterocycles. The van der Waals surface area contributed by atoms with Crippen LogP contribution < -0.4 is 16.0 Å². The van der Waals surface area contributed by atoms with Gasteiger partial charge in [-0.1, -0.05) is 38.3 Å². The van der Waals surface area contributed by atoms with E-state index in [0.29, 0.717) is 5.56 Å². The van der Waals surface area contributed by atoms with E-state index in [0.717, 1.165) is 42.9 Å². The number of aliphatic imine (C=N–C) groups is 1. The Balaban J connectivity index is 0.00000364. The van der Waals surface area contributed by atoms with E-state index in [9.17, 15) is 4.79 Å². The Morgan fingerprint density at radius 1 is 1.22 bits per heavy atom. The van der Waals surface area contributed by atoms with Crippen molar-refractivity contribution in [3.63, 3.8) is 0 Å². The van der Waals surface area contributed by atoms with Crippen molar-refractivity contribution in [3.8, 4) is 0 Å². The van der Waals surface area contributed by atoms with Crippen molar-refractivity contribution >= 4 is 35.8 Å². The molecule has 1 aliphatic carbocycles. The number of carbonyl (C=O) groups excluding carboxylic acids is 1. The molecule has 0 saturated heterocycles. The van der Waals surface area contributed by atoms with Gasteiger partial charge in [0, 0.05) is 32.7 Å². The molecule has 2 rings (SSSR count). The summed E-state index contributed by atoms with van der Waals surface area (Å²) in [7, 11) is 3.46. The van der Waals surface area contributed by atoms with Crippen LogP contribution in [-0.4, -0.2) is 39.1 Å². The Morgan fingerprint density at radius 2 is 2.00 bits per heavy atom. The minimum atomic E-state index is -0.0469. The zero-order chi connectivity index (χ0) is 18.8. The first-order valence-corrected chi connectivity index (χ1v) is 9.88. The molecular weight excluding hydrogens is 451 g/mol. The van der Waals surface area contributed by atoms with E-state index in [4.69, 9.17) is 0 Å². The van der Waals surface area contributed by atoms with Gasteiger partial charge in [-0.3, -0.25) is 9.79 Å². The van der Waals surface area contributed by atoms with Gasteiger partial charge >= 0.3 is 0 Å². The molecule has 1 aromatic rings. The number of benzene rings is 1. The summed E-state index contributed by atoms with van der Waals surface area (Å²) >= 11 is 0. The largest absolute Gasteiger partial charge is 0.356 e. The van der Waals surface area contributed by atoms with Gasteiger partial charge < -0.3 is 16.0 Å². The Kier molecular flexibility index (Phi) is 11.4. The van der Waals surface area contributed by atoms with Crippen molar-refractivity contribution in [3.05, 3.63) is 35.4 Å². The van der Waals surface area contributed by atoms with Crippen molar-refractivity contribution in [2.75, 3.05) is 27.2 Å². The molecule has 0 heterocycles. The number of rotatable bonds is 7. The van der Waals surface area contributed by atoms with E-state index in [2.05, 4.69) is 33.9 Å². The van der Waals surface area contributed by atoms with E-state index >= 15 is 0 Å². The maximum Gasteiger partial charge on any atom is 0.251 e. The molecule has 0 aromatic heterocycles. The first-order chi connectivity index (χ1) is 12.6. The van der Waals surface area contributed by atoms with Crippen molar-refractivity contribution < 1.29 is 4.79 Å². The highest BCUT2D eigenvalue weighted by atomic mass is 127. The highest BCUT2D eigenvalue weighted by molar-refractivity contribution is 14.0. The lowest BCUT2D eigenvalue weighted by Crippen LogP contribution is -2.39. The van der Waals surface area contributed by atoms with Gasteiger partial charge in [-0.2, -0.15) is 0 Å². The Bertz CT molecular complexity index is 606. The van der Waals surface area contributed by atoms with Crippen LogP contribution in [0, 0.1) is 11.8 Å². The Hall–Kier alpha value is -1.31. The monoisotopic (exact) mass is 486 g/mol. The second-order valence-electron chi connectivity index (χ2n) is 7.38. The lowest BCUT2D eigenvalue weighted by atomic mass is 9.81. The molecule has 152 valence electrons. The molecule has 1 fully saturated rings. The summed E-state index contributed by atoms with van der Waals surface area (Å²) in [6.07, 6.45) is 7.60. The van der Waals surface area contributed by atoms with Crippen LogP contribution in [0.2, 0.25) is 0 Å². The molecule has 27 heavy (non-hydrogen) atoms. The first-order valence-electron chi connectivity index (χ1n) is 9.88. The van der Waals surface area contributed by atoms with E-state index < -0.39 is 0 Å². The second kappa shape index (κ2) is 13.0. The molecule has 2 unspecified atom stereocenters. The number of halogens is 1. The highest BCUT2D eigenvalue weighted by Crippen LogP contribution is 2.30. The standard InChI is InChI=1S/C21H34N4O.HI/c1-16-6-4-7-17(14-16)10-12-24-21(23-3)25-13-11-18-8-5-9-19(15-18)20(26)22-2;/h5,8-9,15-17H,4,6-7,10-14H2,1-3H3,(H,22,26)(H2,23,24,25);1H. The molecule has 1 amide bonds. The SMILES string of the molecule is CN=C(NCCc1cccc(C(=O)NC)c1)NCCC1CCCC(C)C1.I. The third-order valence-corrected chi connectivity index (χ3v) is 5.24. The minimum Gasteiger partial charge on any atom is -0.356 e. The van der Waals surface area contributed by atoms with Gasteiger partial charge in [0.1, 0.15) is 0 Å². The molecule has 1 aliphatic rings. The van der Waals surface area contributed by atoms with E-state index in [1.807, 2.05) is 25.2 Å². The van der Waals surface area contributed by atoms with E-state index in [1.165, 1.54) is 32.1 Å². The lowest BCUT2D eigenvalue weighted by molar-refractivity contribution is 0.0963. The average molecular weight is 486 g/mol. The summed E-state index contributed by atoms with van der Waals surface area (Å²) < 4.78 is 0. The fourth-order valence-electron chi connectivity index (χ4n) is 3.77.